The summed E-state index contributed by atoms with van der Waals surface area (Å²) in [6.45, 7) is 6.39. The van der Waals surface area contributed by atoms with Crippen LogP contribution >= 0.6 is 0 Å². The second-order valence-corrected chi connectivity index (χ2v) is 7.08. The number of hydrogen-bond acceptors (Lipinski definition) is 2. The number of hydrogen-bond donors (Lipinski definition) is 2. The van der Waals surface area contributed by atoms with Gasteiger partial charge in [0.25, 0.3) is 0 Å². The molecule has 0 unspecified atom stereocenters. The molecule has 1 aromatic rings. The van der Waals surface area contributed by atoms with Gasteiger partial charge in [-0.3, -0.25) is 4.79 Å². The highest BCUT2D eigenvalue weighted by atomic mass is 16.3. The SMILES string of the molecule is CC(C)Cc1cccc([C@@H](C)C(=O)NC2CCC(O)CC2)c1. The molecule has 1 aliphatic rings. The summed E-state index contributed by atoms with van der Waals surface area (Å²) in [5, 5.41) is 12.7. The second-order valence-electron chi connectivity index (χ2n) is 7.08. The van der Waals surface area contributed by atoms with Gasteiger partial charge in [-0.15, -0.1) is 0 Å². The summed E-state index contributed by atoms with van der Waals surface area (Å²) in [5.74, 6) is 0.593. The maximum absolute atomic E-state index is 12.5. The Morgan fingerprint density at radius 1 is 1.23 bits per heavy atom. The van der Waals surface area contributed by atoms with Gasteiger partial charge in [0.2, 0.25) is 5.91 Å². The van der Waals surface area contributed by atoms with Crippen LogP contribution in [0.3, 0.4) is 0 Å². The third kappa shape index (κ3) is 4.84. The lowest BCUT2D eigenvalue weighted by Gasteiger charge is -2.27. The van der Waals surface area contributed by atoms with Crippen LogP contribution in [0.1, 0.15) is 63.5 Å². The van der Waals surface area contributed by atoms with Crippen molar-refractivity contribution in [3.63, 3.8) is 0 Å². The molecule has 0 saturated heterocycles. The summed E-state index contributed by atoms with van der Waals surface area (Å²) in [6, 6.07) is 8.61. The monoisotopic (exact) mass is 303 g/mol. The number of carbonyl (C=O) groups is 1. The lowest BCUT2D eigenvalue weighted by molar-refractivity contribution is -0.123. The van der Waals surface area contributed by atoms with Gasteiger partial charge in [0.1, 0.15) is 0 Å². The van der Waals surface area contributed by atoms with Gasteiger partial charge in [-0.2, -0.15) is 0 Å². The van der Waals surface area contributed by atoms with E-state index in [2.05, 4.69) is 31.3 Å². The van der Waals surface area contributed by atoms with Crippen LogP contribution < -0.4 is 5.32 Å². The number of benzene rings is 1. The molecule has 0 heterocycles. The van der Waals surface area contributed by atoms with Gasteiger partial charge in [-0.05, 0) is 56.1 Å². The van der Waals surface area contributed by atoms with E-state index in [-0.39, 0.29) is 24.0 Å². The highest BCUT2D eigenvalue weighted by Gasteiger charge is 2.23. The Kier molecular flexibility index (Phi) is 6.01. The highest BCUT2D eigenvalue weighted by molar-refractivity contribution is 5.83. The molecule has 22 heavy (non-hydrogen) atoms. The van der Waals surface area contributed by atoms with Crippen molar-refractivity contribution in [1.29, 1.82) is 0 Å². The first-order chi connectivity index (χ1) is 10.5. The summed E-state index contributed by atoms with van der Waals surface area (Å²) >= 11 is 0. The number of nitrogens with one attached hydrogen (secondary N) is 1. The fraction of sp³-hybridized carbons (Fsp3) is 0.632. The molecule has 1 atom stereocenters. The molecular formula is C19H29NO2. The largest absolute Gasteiger partial charge is 0.393 e. The van der Waals surface area contributed by atoms with E-state index in [4.69, 9.17) is 0 Å². The van der Waals surface area contributed by atoms with Gasteiger partial charge in [0.15, 0.2) is 0 Å². The van der Waals surface area contributed by atoms with E-state index in [1.165, 1.54) is 5.56 Å². The number of rotatable bonds is 5. The third-order valence-electron chi connectivity index (χ3n) is 4.53. The molecular weight excluding hydrogens is 274 g/mol. The van der Waals surface area contributed by atoms with E-state index in [1.807, 2.05) is 19.1 Å². The average molecular weight is 303 g/mol. The normalized spacial score (nSPS) is 23.3. The number of aliphatic hydroxyl groups excluding tert-OH is 1. The second kappa shape index (κ2) is 7.77. The Morgan fingerprint density at radius 3 is 2.55 bits per heavy atom. The van der Waals surface area contributed by atoms with Gasteiger partial charge in [0.05, 0.1) is 12.0 Å². The van der Waals surface area contributed by atoms with Crippen LogP contribution in [0.15, 0.2) is 24.3 Å². The van der Waals surface area contributed by atoms with Crippen molar-refractivity contribution in [2.45, 2.75) is 70.9 Å². The summed E-state index contributed by atoms with van der Waals surface area (Å²) in [6.07, 6.45) is 4.22. The summed E-state index contributed by atoms with van der Waals surface area (Å²) < 4.78 is 0. The van der Waals surface area contributed by atoms with E-state index in [9.17, 15) is 9.90 Å². The van der Waals surface area contributed by atoms with Crippen molar-refractivity contribution >= 4 is 5.91 Å². The first-order valence-corrected chi connectivity index (χ1v) is 8.53. The molecule has 1 amide bonds. The van der Waals surface area contributed by atoms with Crippen molar-refractivity contribution in [2.24, 2.45) is 5.92 Å². The molecule has 3 nitrogen and oxygen atoms in total. The van der Waals surface area contributed by atoms with Crippen molar-refractivity contribution < 1.29 is 9.90 Å². The first kappa shape index (κ1) is 17.0. The Balaban J connectivity index is 1.95. The molecule has 3 heteroatoms. The number of carbonyl (C=O) groups excluding carboxylic acids is 1. The van der Waals surface area contributed by atoms with Crippen LogP contribution in [0.2, 0.25) is 0 Å². The minimum atomic E-state index is -0.182. The number of amides is 1. The smallest absolute Gasteiger partial charge is 0.227 e. The standard InChI is InChI=1S/C19H29NO2/c1-13(2)11-15-5-4-6-16(12-15)14(3)19(22)20-17-7-9-18(21)10-8-17/h4-6,12-14,17-18,21H,7-11H2,1-3H3,(H,20,22)/t14-,17?,18?/m1/s1. The van der Waals surface area contributed by atoms with E-state index in [1.54, 1.807) is 0 Å². The average Bonchev–Trinajstić information content (AvgIpc) is 2.48. The zero-order valence-corrected chi connectivity index (χ0v) is 14.0. The Bertz CT molecular complexity index is 490. The van der Waals surface area contributed by atoms with E-state index in [0.29, 0.717) is 5.92 Å². The molecule has 0 spiro atoms. The summed E-state index contributed by atoms with van der Waals surface area (Å²) in [5.41, 5.74) is 2.39. The van der Waals surface area contributed by atoms with Crippen molar-refractivity contribution in [3.05, 3.63) is 35.4 Å². The van der Waals surface area contributed by atoms with E-state index >= 15 is 0 Å². The van der Waals surface area contributed by atoms with E-state index in [0.717, 1.165) is 37.7 Å². The zero-order chi connectivity index (χ0) is 16.1. The summed E-state index contributed by atoms with van der Waals surface area (Å²) in [7, 11) is 0. The third-order valence-corrected chi connectivity index (χ3v) is 4.53. The van der Waals surface area contributed by atoms with Crippen LogP contribution in [-0.2, 0) is 11.2 Å². The molecule has 0 aromatic heterocycles. The predicted molar refractivity (Wildman–Crippen MR) is 89.8 cm³/mol. The Labute approximate surface area is 134 Å². The van der Waals surface area contributed by atoms with Crippen LogP contribution in [0.4, 0.5) is 0 Å². The topological polar surface area (TPSA) is 49.3 Å². The zero-order valence-electron chi connectivity index (χ0n) is 14.0. The molecule has 2 N–H and O–H groups in total. The number of aliphatic hydroxyl groups is 1. The van der Waals surface area contributed by atoms with Gasteiger partial charge < -0.3 is 10.4 Å². The van der Waals surface area contributed by atoms with Crippen LogP contribution in [0, 0.1) is 5.92 Å². The maximum atomic E-state index is 12.5. The van der Waals surface area contributed by atoms with Gasteiger partial charge >= 0.3 is 0 Å². The van der Waals surface area contributed by atoms with Gasteiger partial charge in [-0.1, -0.05) is 38.1 Å². The van der Waals surface area contributed by atoms with Crippen LogP contribution in [0.5, 0.6) is 0 Å². The quantitative estimate of drug-likeness (QED) is 0.876. The molecule has 0 bridgehead atoms. The highest BCUT2D eigenvalue weighted by Crippen LogP contribution is 2.22. The molecule has 1 fully saturated rings. The van der Waals surface area contributed by atoms with Crippen LogP contribution in [0.25, 0.3) is 0 Å². The molecule has 122 valence electrons. The van der Waals surface area contributed by atoms with Crippen molar-refractivity contribution in [2.75, 3.05) is 0 Å². The Morgan fingerprint density at radius 2 is 1.91 bits per heavy atom. The van der Waals surface area contributed by atoms with Crippen LogP contribution in [-0.4, -0.2) is 23.2 Å². The molecule has 0 radical (unpaired) electrons. The molecule has 0 aliphatic heterocycles. The van der Waals surface area contributed by atoms with Crippen molar-refractivity contribution in [1.82, 2.24) is 5.32 Å². The maximum Gasteiger partial charge on any atom is 0.227 e. The molecule has 2 rings (SSSR count). The predicted octanol–water partition coefficient (Wildman–Crippen LogP) is 3.41. The summed E-state index contributed by atoms with van der Waals surface area (Å²) in [4.78, 5) is 12.5. The molecule has 1 aliphatic carbocycles. The molecule has 1 aromatic carbocycles. The fourth-order valence-electron chi connectivity index (χ4n) is 3.16. The first-order valence-electron chi connectivity index (χ1n) is 8.53. The van der Waals surface area contributed by atoms with Crippen molar-refractivity contribution in [3.8, 4) is 0 Å². The lowest BCUT2D eigenvalue weighted by atomic mass is 9.91. The van der Waals surface area contributed by atoms with Gasteiger partial charge in [-0.25, -0.2) is 0 Å². The van der Waals surface area contributed by atoms with Gasteiger partial charge in [0, 0.05) is 6.04 Å². The van der Waals surface area contributed by atoms with E-state index < -0.39 is 0 Å². The minimum Gasteiger partial charge on any atom is -0.393 e. The lowest BCUT2D eigenvalue weighted by Crippen LogP contribution is -2.40. The Hall–Kier alpha value is -1.35. The minimum absolute atomic E-state index is 0.100. The molecule has 1 saturated carbocycles. The fourth-order valence-corrected chi connectivity index (χ4v) is 3.16.